The van der Waals surface area contributed by atoms with Crippen molar-refractivity contribution in [2.75, 3.05) is 6.61 Å². The molecule has 6 heteroatoms. The van der Waals surface area contributed by atoms with Gasteiger partial charge in [-0.25, -0.2) is 4.79 Å². The van der Waals surface area contributed by atoms with Gasteiger partial charge in [0, 0.05) is 13.0 Å². The molecule has 1 aromatic heterocycles. The number of carboxylic acids is 1. The predicted octanol–water partition coefficient (Wildman–Crippen LogP) is 0.721. The van der Waals surface area contributed by atoms with Crippen molar-refractivity contribution in [2.45, 2.75) is 45.6 Å². The first-order valence-corrected chi connectivity index (χ1v) is 5.67. The molecule has 0 aromatic carbocycles. The Kier molecular flexibility index (Phi) is 4.22. The van der Waals surface area contributed by atoms with Gasteiger partial charge in [0.1, 0.15) is 17.2 Å². The number of nitrogens with zero attached hydrogens (tertiary/aromatic N) is 3. The smallest absolute Gasteiger partial charge is 0.329 e. The van der Waals surface area contributed by atoms with Crippen molar-refractivity contribution >= 4 is 5.97 Å². The zero-order valence-corrected chi connectivity index (χ0v) is 10.5. The van der Waals surface area contributed by atoms with Crippen molar-refractivity contribution in [3.63, 3.8) is 0 Å². The summed E-state index contributed by atoms with van der Waals surface area (Å²) in [7, 11) is 0. The molecule has 6 nitrogen and oxygen atoms in total. The molecule has 2 N–H and O–H groups in total. The highest BCUT2D eigenvalue weighted by molar-refractivity contribution is 5.75. The Morgan fingerprint density at radius 2 is 2.00 bits per heavy atom. The van der Waals surface area contributed by atoms with Crippen LogP contribution in [0, 0.1) is 6.92 Å². The number of aromatic nitrogens is 3. The fourth-order valence-corrected chi connectivity index (χ4v) is 1.79. The Morgan fingerprint density at radius 3 is 2.53 bits per heavy atom. The number of aliphatic carboxylic acids is 1. The van der Waals surface area contributed by atoms with Crippen LogP contribution in [0.1, 0.15) is 38.3 Å². The molecule has 0 aliphatic carbocycles. The van der Waals surface area contributed by atoms with E-state index in [1.165, 1.54) is 0 Å². The molecule has 96 valence electrons. The molecular weight excluding hydrogens is 222 g/mol. The lowest BCUT2D eigenvalue weighted by atomic mass is 10.0. The van der Waals surface area contributed by atoms with E-state index in [2.05, 4.69) is 10.2 Å². The zero-order valence-electron chi connectivity index (χ0n) is 10.5. The molecule has 1 heterocycles. The minimum Gasteiger partial charge on any atom is -0.480 e. The molecule has 0 radical (unpaired) electrons. The van der Waals surface area contributed by atoms with Gasteiger partial charge in [-0.1, -0.05) is 0 Å². The highest BCUT2D eigenvalue weighted by Crippen LogP contribution is 2.20. The molecule has 0 saturated carbocycles. The van der Waals surface area contributed by atoms with E-state index in [0.29, 0.717) is 24.5 Å². The van der Waals surface area contributed by atoms with Gasteiger partial charge < -0.3 is 10.2 Å². The zero-order chi connectivity index (χ0) is 13.1. The summed E-state index contributed by atoms with van der Waals surface area (Å²) < 4.78 is 1.65. The summed E-state index contributed by atoms with van der Waals surface area (Å²) in [6, 6.07) is 0. The quantitative estimate of drug-likeness (QED) is 0.716. The molecule has 0 atom stereocenters. The summed E-state index contributed by atoms with van der Waals surface area (Å²) in [4.78, 5) is 11.2. The molecule has 0 bridgehead atoms. The number of unbranched alkanes of at least 4 members (excludes halogenated alkanes) is 1. The lowest BCUT2D eigenvalue weighted by Crippen LogP contribution is -2.37. The van der Waals surface area contributed by atoms with Gasteiger partial charge in [0.15, 0.2) is 0 Å². The third-order valence-corrected chi connectivity index (χ3v) is 2.78. The van der Waals surface area contributed by atoms with Gasteiger partial charge in [0.25, 0.3) is 0 Å². The van der Waals surface area contributed by atoms with Gasteiger partial charge in [-0.15, -0.1) is 10.2 Å². The van der Waals surface area contributed by atoms with Crippen molar-refractivity contribution in [3.8, 4) is 0 Å². The van der Waals surface area contributed by atoms with Crippen LogP contribution in [0.3, 0.4) is 0 Å². The SMILES string of the molecule is Cc1nnc(CCCCO)n1C(C)(C)C(=O)O. The number of hydrogen-bond acceptors (Lipinski definition) is 4. The lowest BCUT2D eigenvalue weighted by molar-refractivity contribution is -0.145. The highest BCUT2D eigenvalue weighted by atomic mass is 16.4. The third kappa shape index (κ3) is 2.82. The largest absolute Gasteiger partial charge is 0.480 e. The number of aryl methyl sites for hydroxylation is 2. The Hall–Kier alpha value is -1.43. The fourth-order valence-electron chi connectivity index (χ4n) is 1.79. The van der Waals surface area contributed by atoms with E-state index in [1.54, 1.807) is 25.3 Å². The van der Waals surface area contributed by atoms with E-state index < -0.39 is 11.5 Å². The summed E-state index contributed by atoms with van der Waals surface area (Å²) in [5.41, 5.74) is -1.05. The standard InChI is InChI=1S/C11H19N3O3/c1-8-12-13-9(6-4-5-7-15)14(8)11(2,3)10(16)17/h15H,4-7H2,1-3H3,(H,16,17). The average Bonchev–Trinajstić information content (AvgIpc) is 2.60. The average molecular weight is 241 g/mol. The molecule has 0 aliphatic heterocycles. The van der Waals surface area contributed by atoms with E-state index in [9.17, 15) is 9.90 Å². The van der Waals surface area contributed by atoms with Crippen LogP contribution < -0.4 is 0 Å². The second-order valence-corrected chi connectivity index (χ2v) is 4.54. The maximum absolute atomic E-state index is 11.2. The lowest BCUT2D eigenvalue weighted by Gasteiger charge is -2.24. The van der Waals surface area contributed by atoms with E-state index in [4.69, 9.17) is 5.11 Å². The van der Waals surface area contributed by atoms with Crippen LogP contribution >= 0.6 is 0 Å². The molecule has 1 rings (SSSR count). The second kappa shape index (κ2) is 5.27. The van der Waals surface area contributed by atoms with Crippen LogP contribution in [0.4, 0.5) is 0 Å². The summed E-state index contributed by atoms with van der Waals surface area (Å²) in [5.74, 6) is 0.337. The van der Waals surface area contributed by atoms with Gasteiger partial charge in [0.2, 0.25) is 0 Å². The van der Waals surface area contributed by atoms with Gasteiger partial charge >= 0.3 is 5.97 Å². The van der Waals surface area contributed by atoms with Crippen LogP contribution in [-0.4, -0.2) is 37.6 Å². The highest BCUT2D eigenvalue weighted by Gasteiger charge is 2.33. The van der Waals surface area contributed by atoms with Crippen LogP contribution in [0.15, 0.2) is 0 Å². The second-order valence-electron chi connectivity index (χ2n) is 4.54. The number of rotatable bonds is 6. The molecule has 0 spiro atoms. The molecule has 0 amide bonds. The first-order valence-electron chi connectivity index (χ1n) is 5.67. The van der Waals surface area contributed by atoms with Crippen LogP contribution in [0.2, 0.25) is 0 Å². The van der Waals surface area contributed by atoms with Crippen LogP contribution in [0.5, 0.6) is 0 Å². The van der Waals surface area contributed by atoms with E-state index in [0.717, 1.165) is 6.42 Å². The van der Waals surface area contributed by atoms with Gasteiger partial charge in [-0.05, 0) is 33.6 Å². The van der Waals surface area contributed by atoms with Crippen molar-refractivity contribution < 1.29 is 15.0 Å². The number of aliphatic hydroxyl groups is 1. The molecule has 0 unspecified atom stereocenters. The predicted molar refractivity (Wildman–Crippen MR) is 61.7 cm³/mol. The van der Waals surface area contributed by atoms with Gasteiger partial charge in [-0.3, -0.25) is 4.57 Å². The third-order valence-electron chi connectivity index (χ3n) is 2.78. The fraction of sp³-hybridized carbons (Fsp3) is 0.727. The minimum absolute atomic E-state index is 0.134. The first-order chi connectivity index (χ1) is 7.91. The Bertz CT molecular complexity index is 399. The van der Waals surface area contributed by atoms with E-state index in [1.807, 2.05) is 0 Å². The van der Waals surface area contributed by atoms with Crippen molar-refractivity contribution in [2.24, 2.45) is 0 Å². The Balaban J connectivity index is 2.98. The maximum atomic E-state index is 11.2. The van der Waals surface area contributed by atoms with Crippen molar-refractivity contribution in [1.82, 2.24) is 14.8 Å². The van der Waals surface area contributed by atoms with Gasteiger partial charge in [0.05, 0.1) is 0 Å². The van der Waals surface area contributed by atoms with Crippen molar-refractivity contribution in [1.29, 1.82) is 0 Å². The molecular formula is C11H19N3O3. The maximum Gasteiger partial charge on any atom is 0.329 e. The van der Waals surface area contributed by atoms with E-state index in [-0.39, 0.29) is 6.61 Å². The summed E-state index contributed by atoms with van der Waals surface area (Å²) >= 11 is 0. The Labute approximate surface area is 100 Å². The first kappa shape index (κ1) is 13.6. The summed E-state index contributed by atoms with van der Waals surface area (Å²) in [6.07, 6.45) is 2.07. The summed E-state index contributed by atoms with van der Waals surface area (Å²) in [5, 5.41) is 25.9. The monoisotopic (exact) mass is 241 g/mol. The van der Waals surface area contributed by atoms with Crippen molar-refractivity contribution in [3.05, 3.63) is 11.6 Å². The number of hydrogen-bond donors (Lipinski definition) is 2. The Morgan fingerprint density at radius 1 is 1.35 bits per heavy atom. The normalized spacial score (nSPS) is 11.8. The molecule has 0 fully saturated rings. The van der Waals surface area contributed by atoms with Gasteiger partial charge in [-0.2, -0.15) is 0 Å². The molecule has 17 heavy (non-hydrogen) atoms. The van der Waals surface area contributed by atoms with Crippen LogP contribution in [-0.2, 0) is 16.8 Å². The van der Waals surface area contributed by atoms with Crippen LogP contribution in [0.25, 0.3) is 0 Å². The summed E-state index contributed by atoms with van der Waals surface area (Å²) in [6.45, 7) is 5.13. The number of carboxylic acid groups (broad SMARTS) is 1. The topological polar surface area (TPSA) is 88.2 Å². The molecule has 0 saturated heterocycles. The number of aliphatic hydroxyl groups excluding tert-OH is 1. The molecule has 0 aliphatic rings. The molecule has 1 aromatic rings. The van der Waals surface area contributed by atoms with E-state index >= 15 is 0 Å². The number of carbonyl (C=O) groups is 1. The minimum atomic E-state index is -1.05.